The van der Waals surface area contributed by atoms with Gasteiger partial charge in [0.15, 0.2) is 0 Å². The Morgan fingerprint density at radius 1 is 1.20 bits per heavy atom. The van der Waals surface area contributed by atoms with Crippen molar-refractivity contribution in [3.8, 4) is 5.75 Å². The molecule has 0 aliphatic rings. The molecular formula is C17H30N2O. The van der Waals surface area contributed by atoms with Gasteiger partial charge in [0.25, 0.3) is 0 Å². The van der Waals surface area contributed by atoms with Crippen molar-refractivity contribution in [2.45, 2.75) is 52.6 Å². The van der Waals surface area contributed by atoms with Crippen LogP contribution in [-0.4, -0.2) is 30.6 Å². The molecule has 20 heavy (non-hydrogen) atoms. The molecule has 0 aliphatic carbocycles. The van der Waals surface area contributed by atoms with Gasteiger partial charge in [-0.15, -0.1) is 0 Å². The molecule has 0 heterocycles. The van der Waals surface area contributed by atoms with Gasteiger partial charge in [-0.1, -0.05) is 38.5 Å². The van der Waals surface area contributed by atoms with E-state index in [9.17, 15) is 0 Å². The van der Waals surface area contributed by atoms with E-state index in [0.717, 1.165) is 31.7 Å². The van der Waals surface area contributed by atoms with Crippen LogP contribution < -0.4 is 10.5 Å². The van der Waals surface area contributed by atoms with Crippen LogP contribution in [0.2, 0.25) is 0 Å². The van der Waals surface area contributed by atoms with E-state index < -0.39 is 0 Å². The Bertz CT molecular complexity index is 405. The zero-order valence-electron chi connectivity index (χ0n) is 13.7. The van der Waals surface area contributed by atoms with Crippen LogP contribution in [0, 0.1) is 6.92 Å². The minimum Gasteiger partial charge on any atom is -0.496 e. The van der Waals surface area contributed by atoms with E-state index in [2.05, 4.69) is 50.8 Å². The topological polar surface area (TPSA) is 38.5 Å². The molecule has 0 unspecified atom stereocenters. The number of rotatable bonds is 8. The van der Waals surface area contributed by atoms with Crippen LogP contribution in [0.5, 0.6) is 5.75 Å². The second kappa shape index (κ2) is 7.65. The lowest BCUT2D eigenvalue weighted by Gasteiger charge is -2.42. The molecule has 0 amide bonds. The molecule has 114 valence electrons. The first-order valence-corrected chi connectivity index (χ1v) is 7.65. The SMILES string of the molecule is CCN(Cc1cc(C)ccc1OC)C(CC)(CC)CN. The van der Waals surface area contributed by atoms with Crippen LogP contribution in [0.1, 0.15) is 44.7 Å². The number of benzene rings is 1. The van der Waals surface area contributed by atoms with E-state index in [4.69, 9.17) is 10.5 Å². The highest BCUT2D eigenvalue weighted by atomic mass is 16.5. The summed E-state index contributed by atoms with van der Waals surface area (Å²) >= 11 is 0. The third kappa shape index (κ3) is 3.53. The quantitative estimate of drug-likeness (QED) is 0.792. The maximum Gasteiger partial charge on any atom is 0.123 e. The summed E-state index contributed by atoms with van der Waals surface area (Å²) in [5.74, 6) is 0.965. The largest absolute Gasteiger partial charge is 0.496 e. The summed E-state index contributed by atoms with van der Waals surface area (Å²) in [5.41, 5.74) is 8.68. The Kier molecular flexibility index (Phi) is 6.50. The first kappa shape index (κ1) is 17.0. The van der Waals surface area contributed by atoms with Gasteiger partial charge in [-0.2, -0.15) is 0 Å². The molecule has 0 radical (unpaired) electrons. The van der Waals surface area contributed by atoms with E-state index in [-0.39, 0.29) is 5.54 Å². The molecule has 0 saturated carbocycles. The molecule has 0 bridgehead atoms. The predicted octanol–water partition coefficient (Wildman–Crippen LogP) is 3.34. The molecule has 0 fully saturated rings. The van der Waals surface area contributed by atoms with Crippen LogP contribution in [0.3, 0.4) is 0 Å². The van der Waals surface area contributed by atoms with Gasteiger partial charge in [0, 0.05) is 24.2 Å². The van der Waals surface area contributed by atoms with Crippen molar-refractivity contribution in [2.75, 3.05) is 20.2 Å². The molecule has 0 aromatic heterocycles. The average molecular weight is 278 g/mol. The lowest BCUT2D eigenvalue weighted by molar-refractivity contribution is 0.0819. The van der Waals surface area contributed by atoms with Gasteiger partial charge >= 0.3 is 0 Å². The van der Waals surface area contributed by atoms with E-state index in [0.29, 0.717) is 6.54 Å². The van der Waals surface area contributed by atoms with Crippen molar-refractivity contribution in [2.24, 2.45) is 5.73 Å². The molecule has 1 aromatic carbocycles. The Labute approximate surface area is 124 Å². The Hall–Kier alpha value is -1.06. The first-order chi connectivity index (χ1) is 9.56. The maximum absolute atomic E-state index is 6.09. The van der Waals surface area contributed by atoms with Crippen molar-refractivity contribution >= 4 is 0 Å². The van der Waals surface area contributed by atoms with Gasteiger partial charge in [0.2, 0.25) is 0 Å². The number of aryl methyl sites for hydroxylation is 1. The smallest absolute Gasteiger partial charge is 0.123 e. The fourth-order valence-corrected chi connectivity index (χ4v) is 2.97. The third-order valence-corrected chi connectivity index (χ3v) is 4.55. The van der Waals surface area contributed by atoms with Gasteiger partial charge in [-0.25, -0.2) is 0 Å². The number of nitrogens with two attached hydrogens (primary N) is 1. The van der Waals surface area contributed by atoms with Crippen LogP contribution in [0.4, 0.5) is 0 Å². The van der Waals surface area contributed by atoms with Gasteiger partial charge in [-0.3, -0.25) is 4.90 Å². The third-order valence-electron chi connectivity index (χ3n) is 4.55. The molecular weight excluding hydrogens is 248 g/mol. The molecule has 3 heteroatoms. The first-order valence-electron chi connectivity index (χ1n) is 7.65. The molecule has 1 aromatic rings. The lowest BCUT2D eigenvalue weighted by atomic mass is 9.90. The highest BCUT2D eigenvalue weighted by molar-refractivity contribution is 5.37. The summed E-state index contributed by atoms with van der Waals surface area (Å²) < 4.78 is 5.50. The van der Waals surface area contributed by atoms with Crippen LogP contribution in [0.25, 0.3) is 0 Å². The fourth-order valence-electron chi connectivity index (χ4n) is 2.97. The number of nitrogens with zero attached hydrogens (tertiary/aromatic N) is 1. The predicted molar refractivity (Wildman–Crippen MR) is 86.2 cm³/mol. The Balaban J connectivity index is 3.07. The van der Waals surface area contributed by atoms with Crippen molar-refractivity contribution in [3.05, 3.63) is 29.3 Å². The highest BCUT2D eigenvalue weighted by Crippen LogP contribution is 2.28. The standard InChI is InChI=1S/C17H30N2O/c1-6-17(7-2,13-18)19(8-3)12-15-11-14(4)9-10-16(15)20-5/h9-11H,6-8,12-13,18H2,1-5H3. The van der Waals surface area contributed by atoms with Crippen LogP contribution in [-0.2, 0) is 6.54 Å². The minimum atomic E-state index is 0.0868. The summed E-state index contributed by atoms with van der Waals surface area (Å²) in [5, 5.41) is 0. The normalized spacial score (nSPS) is 11.9. The van der Waals surface area contributed by atoms with E-state index in [1.165, 1.54) is 11.1 Å². The van der Waals surface area contributed by atoms with E-state index in [1.54, 1.807) is 7.11 Å². The van der Waals surface area contributed by atoms with Gasteiger partial charge in [-0.05, 0) is 32.4 Å². The second-order valence-corrected chi connectivity index (χ2v) is 5.47. The minimum absolute atomic E-state index is 0.0868. The van der Waals surface area contributed by atoms with E-state index >= 15 is 0 Å². The van der Waals surface area contributed by atoms with Crippen molar-refractivity contribution in [1.82, 2.24) is 4.90 Å². The number of likely N-dealkylation sites (N-methyl/N-ethyl adjacent to an activating group) is 1. The number of methoxy groups -OCH3 is 1. The summed E-state index contributed by atoms with van der Waals surface area (Å²) in [6.45, 7) is 11.4. The average Bonchev–Trinajstić information content (AvgIpc) is 2.48. The van der Waals surface area contributed by atoms with Gasteiger partial charge < -0.3 is 10.5 Å². The molecule has 2 N–H and O–H groups in total. The van der Waals surface area contributed by atoms with Crippen molar-refractivity contribution in [3.63, 3.8) is 0 Å². The molecule has 0 atom stereocenters. The molecule has 3 nitrogen and oxygen atoms in total. The summed E-state index contributed by atoms with van der Waals surface area (Å²) in [6.07, 6.45) is 2.14. The number of hydrogen-bond acceptors (Lipinski definition) is 3. The molecule has 0 spiro atoms. The highest BCUT2D eigenvalue weighted by Gasteiger charge is 2.31. The second-order valence-electron chi connectivity index (χ2n) is 5.47. The maximum atomic E-state index is 6.09. The number of ether oxygens (including phenoxy) is 1. The fraction of sp³-hybridized carbons (Fsp3) is 0.647. The summed E-state index contributed by atoms with van der Waals surface area (Å²) in [7, 11) is 1.74. The Morgan fingerprint density at radius 3 is 2.30 bits per heavy atom. The number of hydrogen-bond donors (Lipinski definition) is 1. The molecule has 1 rings (SSSR count). The van der Waals surface area contributed by atoms with E-state index in [1.807, 2.05) is 0 Å². The van der Waals surface area contributed by atoms with Gasteiger partial charge in [0.1, 0.15) is 5.75 Å². The lowest BCUT2D eigenvalue weighted by Crippen LogP contribution is -2.52. The van der Waals surface area contributed by atoms with Crippen LogP contribution in [0.15, 0.2) is 18.2 Å². The summed E-state index contributed by atoms with van der Waals surface area (Å²) in [4.78, 5) is 2.49. The Morgan fingerprint density at radius 2 is 1.85 bits per heavy atom. The summed E-state index contributed by atoms with van der Waals surface area (Å²) in [6, 6.07) is 6.36. The van der Waals surface area contributed by atoms with Crippen molar-refractivity contribution < 1.29 is 4.74 Å². The molecule has 0 aliphatic heterocycles. The van der Waals surface area contributed by atoms with Crippen molar-refractivity contribution in [1.29, 1.82) is 0 Å². The zero-order valence-corrected chi connectivity index (χ0v) is 13.7. The zero-order chi connectivity index (χ0) is 15.2. The van der Waals surface area contributed by atoms with Crippen LogP contribution >= 0.6 is 0 Å². The molecule has 0 saturated heterocycles. The van der Waals surface area contributed by atoms with Gasteiger partial charge in [0.05, 0.1) is 7.11 Å². The monoisotopic (exact) mass is 278 g/mol.